The van der Waals surface area contributed by atoms with Crippen LogP contribution < -0.4 is 5.32 Å². The van der Waals surface area contributed by atoms with Crippen molar-refractivity contribution in [3.63, 3.8) is 0 Å². The lowest BCUT2D eigenvalue weighted by Gasteiger charge is -2.40. The standard InChI is InChI=1S/C16H24N4O.2ClH/c1-19-8-4-13(5-9-19)16(21)20-10-7-18-12-15(20)14-3-2-6-17-11-14;;/h2-3,6,11,13,15,18H,4-5,7-10,12H2,1H3;2*1H. The smallest absolute Gasteiger partial charge is 0.226 e. The number of aromatic nitrogens is 1. The molecule has 23 heavy (non-hydrogen) atoms. The molecule has 0 spiro atoms. The van der Waals surface area contributed by atoms with Crippen molar-refractivity contribution in [2.75, 3.05) is 39.8 Å². The lowest BCUT2D eigenvalue weighted by Crippen LogP contribution is -2.51. The number of nitrogens with one attached hydrogen (secondary N) is 1. The summed E-state index contributed by atoms with van der Waals surface area (Å²) in [5, 5.41) is 3.40. The van der Waals surface area contributed by atoms with E-state index in [1.165, 1.54) is 0 Å². The van der Waals surface area contributed by atoms with Gasteiger partial charge in [0.15, 0.2) is 0 Å². The minimum absolute atomic E-state index is 0. The quantitative estimate of drug-likeness (QED) is 0.872. The van der Waals surface area contributed by atoms with Gasteiger partial charge in [0, 0.05) is 37.9 Å². The minimum Gasteiger partial charge on any atom is -0.333 e. The molecule has 1 atom stereocenters. The number of amides is 1. The second-order valence-corrected chi connectivity index (χ2v) is 6.12. The maximum absolute atomic E-state index is 12.9. The molecule has 0 bridgehead atoms. The number of piperidine rings is 1. The average molecular weight is 361 g/mol. The third-order valence-corrected chi connectivity index (χ3v) is 4.66. The van der Waals surface area contributed by atoms with Gasteiger partial charge in [-0.3, -0.25) is 9.78 Å². The van der Waals surface area contributed by atoms with E-state index in [4.69, 9.17) is 0 Å². The van der Waals surface area contributed by atoms with Crippen LogP contribution in [0.4, 0.5) is 0 Å². The fourth-order valence-electron chi connectivity index (χ4n) is 3.33. The molecule has 1 N–H and O–H groups in total. The number of halogens is 2. The maximum atomic E-state index is 12.9. The number of hydrogen-bond acceptors (Lipinski definition) is 4. The second kappa shape index (κ2) is 9.42. The van der Waals surface area contributed by atoms with Crippen molar-refractivity contribution >= 4 is 30.7 Å². The Morgan fingerprint density at radius 1 is 1.26 bits per heavy atom. The molecule has 7 heteroatoms. The molecule has 2 aliphatic heterocycles. The Bertz CT molecular complexity index is 480. The minimum atomic E-state index is 0. The number of hydrogen-bond donors (Lipinski definition) is 1. The Morgan fingerprint density at radius 3 is 2.65 bits per heavy atom. The van der Waals surface area contributed by atoms with Crippen LogP contribution in [0.25, 0.3) is 0 Å². The summed E-state index contributed by atoms with van der Waals surface area (Å²) in [6, 6.07) is 4.14. The largest absolute Gasteiger partial charge is 0.333 e. The van der Waals surface area contributed by atoms with E-state index in [1.807, 2.05) is 12.3 Å². The zero-order valence-corrected chi connectivity index (χ0v) is 15.1. The molecule has 1 aromatic heterocycles. The summed E-state index contributed by atoms with van der Waals surface area (Å²) in [5.41, 5.74) is 1.13. The Morgan fingerprint density at radius 2 is 2.00 bits per heavy atom. The normalized spacial score (nSPS) is 22.8. The Balaban J connectivity index is 0.00000132. The molecule has 2 aliphatic rings. The maximum Gasteiger partial charge on any atom is 0.226 e. The van der Waals surface area contributed by atoms with E-state index in [9.17, 15) is 4.79 Å². The van der Waals surface area contributed by atoms with Crippen molar-refractivity contribution in [1.82, 2.24) is 20.1 Å². The van der Waals surface area contributed by atoms with Crippen LogP contribution >= 0.6 is 24.8 Å². The number of carbonyl (C=O) groups is 1. The molecule has 1 amide bonds. The van der Waals surface area contributed by atoms with Gasteiger partial charge in [0.05, 0.1) is 6.04 Å². The number of pyridine rings is 1. The summed E-state index contributed by atoms with van der Waals surface area (Å²) in [4.78, 5) is 21.5. The highest BCUT2D eigenvalue weighted by Gasteiger charge is 2.33. The van der Waals surface area contributed by atoms with E-state index in [0.717, 1.165) is 51.1 Å². The lowest BCUT2D eigenvalue weighted by atomic mass is 9.93. The van der Waals surface area contributed by atoms with Crippen LogP contribution in [0.15, 0.2) is 24.5 Å². The summed E-state index contributed by atoms with van der Waals surface area (Å²) in [6.07, 6.45) is 5.63. The summed E-state index contributed by atoms with van der Waals surface area (Å²) in [7, 11) is 2.13. The zero-order chi connectivity index (χ0) is 14.7. The number of likely N-dealkylation sites (tertiary alicyclic amines) is 1. The summed E-state index contributed by atoms with van der Waals surface area (Å²) in [6.45, 7) is 4.56. The third kappa shape index (κ3) is 4.80. The van der Waals surface area contributed by atoms with Crippen LogP contribution in [0, 0.1) is 5.92 Å². The first-order valence-corrected chi connectivity index (χ1v) is 7.85. The van der Waals surface area contributed by atoms with Crippen LogP contribution in [0.3, 0.4) is 0 Å². The van der Waals surface area contributed by atoms with Crippen LogP contribution in [0.2, 0.25) is 0 Å². The van der Waals surface area contributed by atoms with Crippen LogP contribution in [0.1, 0.15) is 24.4 Å². The fraction of sp³-hybridized carbons (Fsp3) is 0.625. The van der Waals surface area contributed by atoms with Crippen molar-refractivity contribution in [2.24, 2.45) is 5.92 Å². The van der Waals surface area contributed by atoms with Crippen molar-refractivity contribution in [3.05, 3.63) is 30.1 Å². The first-order chi connectivity index (χ1) is 10.3. The van der Waals surface area contributed by atoms with E-state index < -0.39 is 0 Å². The number of nitrogens with zero attached hydrogens (tertiary/aromatic N) is 3. The summed E-state index contributed by atoms with van der Waals surface area (Å²) in [5.74, 6) is 0.525. The molecule has 0 aromatic carbocycles. The van der Waals surface area contributed by atoms with E-state index in [1.54, 1.807) is 6.20 Å². The highest BCUT2D eigenvalue weighted by atomic mass is 35.5. The molecule has 3 heterocycles. The molecule has 0 aliphatic carbocycles. The molecule has 1 unspecified atom stereocenters. The van der Waals surface area contributed by atoms with Gasteiger partial charge in [0.1, 0.15) is 0 Å². The van der Waals surface area contributed by atoms with E-state index in [0.29, 0.717) is 5.91 Å². The predicted molar refractivity (Wildman–Crippen MR) is 96.3 cm³/mol. The molecule has 3 rings (SSSR count). The number of carbonyl (C=O) groups excluding carboxylic acids is 1. The van der Waals surface area contributed by atoms with Crippen molar-refractivity contribution in [2.45, 2.75) is 18.9 Å². The SMILES string of the molecule is CN1CCC(C(=O)N2CCNCC2c2cccnc2)CC1.Cl.Cl. The molecular formula is C16H26Cl2N4O. The summed E-state index contributed by atoms with van der Waals surface area (Å²) < 4.78 is 0. The molecular weight excluding hydrogens is 335 g/mol. The van der Waals surface area contributed by atoms with Crippen molar-refractivity contribution in [3.8, 4) is 0 Å². The van der Waals surface area contributed by atoms with Gasteiger partial charge in [0.2, 0.25) is 5.91 Å². The van der Waals surface area contributed by atoms with Gasteiger partial charge in [-0.25, -0.2) is 0 Å². The van der Waals surface area contributed by atoms with E-state index in [2.05, 4.69) is 33.2 Å². The number of piperazine rings is 1. The van der Waals surface area contributed by atoms with Gasteiger partial charge in [-0.15, -0.1) is 24.8 Å². The molecule has 0 saturated carbocycles. The van der Waals surface area contributed by atoms with Crippen LogP contribution in [-0.4, -0.2) is 60.5 Å². The van der Waals surface area contributed by atoms with Gasteiger partial charge >= 0.3 is 0 Å². The van der Waals surface area contributed by atoms with Crippen molar-refractivity contribution in [1.29, 1.82) is 0 Å². The first kappa shape index (κ1) is 20.2. The third-order valence-electron chi connectivity index (χ3n) is 4.66. The van der Waals surface area contributed by atoms with Gasteiger partial charge in [-0.1, -0.05) is 6.07 Å². The second-order valence-electron chi connectivity index (χ2n) is 6.12. The molecule has 2 fully saturated rings. The molecule has 2 saturated heterocycles. The predicted octanol–water partition coefficient (Wildman–Crippen LogP) is 1.74. The van der Waals surface area contributed by atoms with E-state index in [-0.39, 0.29) is 36.8 Å². The first-order valence-electron chi connectivity index (χ1n) is 7.85. The van der Waals surface area contributed by atoms with Crippen LogP contribution in [0.5, 0.6) is 0 Å². The Kier molecular flexibility index (Phi) is 8.26. The summed E-state index contributed by atoms with van der Waals surface area (Å²) >= 11 is 0. The fourth-order valence-corrected chi connectivity index (χ4v) is 3.33. The lowest BCUT2D eigenvalue weighted by molar-refractivity contribution is -0.140. The van der Waals surface area contributed by atoms with Gasteiger partial charge in [0.25, 0.3) is 0 Å². The molecule has 1 aromatic rings. The zero-order valence-electron chi connectivity index (χ0n) is 13.5. The van der Waals surface area contributed by atoms with Gasteiger partial charge in [-0.05, 0) is 44.6 Å². The molecule has 0 radical (unpaired) electrons. The number of rotatable bonds is 2. The van der Waals surface area contributed by atoms with Gasteiger partial charge in [-0.2, -0.15) is 0 Å². The highest BCUT2D eigenvalue weighted by molar-refractivity contribution is 5.85. The molecule has 5 nitrogen and oxygen atoms in total. The van der Waals surface area contributed by atoms with Crippen molar-refractivity contribution < 1.29 is 4.79 Å². The van der Waals surface area contributed by atoms with Crippen LogP contribution in [-0.2, 0) is 4.79 Å². The highest BCUT2D eigenvalue weighted by Crippen LogP contribution is 2.26. The monoisotopic (exact) mass is 360 g/mol. The Labute approximate surface area is 150 Å². The molecule has 130 valence electrons. The topological polar surface area (TPSA) is 48.5 Å². The van der Waals surface area contributed by atoms with Gasteiger partial charge < -0.3 is 15.1 Å². The Hall–Kier alpha value is -0.880. The van der Waals surface area contributed by atoms with E-state index >= 15 is 0 Å². The average Bonchev–Trinajstić information content (AvgIpc) is 2.56.